The lowest BCUT2D eigenvalue weighted by atomic mass is 10.1. The van der Waals surface area contributed by atoms with Gasteiger partial charge in [0.2, 0.25) is 5.91 Å². The van der Waals surface area contributed by atoms with Crippen LogP contribution in [0.2, 0.25) is 0 Å². The van der Waals surface area contributed by atoms with Crippen molar-refractivity contribution >= 4 is 23.3 Å². The van der Waals surface area contributed by atoms with Gasteiger partial charge in [-0.15, -0.1) is 11.3 Å². The second-order valence-electron chi connectivity index (χ2n) is 6.14. The Balaban J connectivity index is 1.53. The third-order valence-corrected chi connectivity index (χ3v) is 5.14. The van der Waals surface area contributed by atoms with Crippen LogP contribution in [-0.2, 0) is 17.5 Å². The predicted molar refractivity (Wildman–Crippen MR) is 96.7 cm³/mol. The fourth-order valence-electron chi connectivity index (χ4n) is 2.84. The summed E-state index contributed by atoms with van der Waals surface area (Å²) in [7, 11) is 0. The molecule has 26 heavy (non-hydrogen) atoms. The third-order valence-electron chi connectivity index (χ3n) is 4.28. The zero-order chi connectivity index (χ0) is 18.6. The standard InChI is InChI=1S/C19H19F3N2OS/c20-19(21,22)16-4-1-3-15(13-16)6-7-18(25)24-10-8-23(9-11-24)14-17-5-2-12-26-17/h1-7,12-13H,8-11,14H2/b7-6+. The molecule has 1 aromatic heterocycles. The molecule has 1 aliphatic rings. The van der Waals surface area contributed by atoms with Crippen molar-refractivity contribution in [1.29, 1.82) is 0 Å². The van der Waals surface area contributed by atoms with Gasteiger partial charge in [0.15, 0.2) is 0 Å². The molecule has 0 radical (unpaired) electrons. The molecule has 1 fully saturated rings. The van der Waals surface area contributed by atoms with Crippen molar-refractivity contribution in [3.63, 3.8) is 0 Å². The minimum Gasteiger partial charge on any atom is -0.337 e. The van der Waals surface area contributed by atoms with Crippen molar-refractivity contribution in [2.75, 3.05) is 26.2 Å². The van der Waals surface area contributed by atoms with Gasteiger partial charge in [-0.1, -0.05) is 18.2 Å². The highest BCUT2D eigenvalue weighted by Gasteiger charge is 2.30. The summed E-state index contributed by atoms with van der Waals surface area (Å²) in [5.41, 5.74) is -0.348. The molecular formula is C19H19F3N2OS. The molecule has 0 atom stereocenters. The Hall–Kier alpha value is -2.12. The van der Waals surface area contributed by atoms with Crippen molar-refractivity contribution in [3.8, 4) is 0 Å². The molecule has 0 spiro atoms. The van der Waals surface area contributed by atoms with E-state index in [1.165, 1.54) is 23.1 Å². The molecule has 2 aromatic rings. The molecule has 1 aromatic carbocycles. The van der Waals surface area contributed by atoms with Gasteiger partial charge in [0, 0.05) is 43.7 Å². The number of thiophene rings is 1. The van der Waals surface area contributed by atoms with E-state index in [9.17, 15) is 18.0 Å². The lowest BCUT2D eigenvalue weighted by Crippen LogP contribution is -2.47. The highest BCUT2D eigenvalue weighted by atomic mass is 32.1. The van der Waals surface area contributed by atoms with Crippen LogP contribution in [0.25, 0.3) is 6.08 Å². The topological polar surface area (TPSA) is 23.6 Å². The number of nitrogens with zero attached hydrogens (tertiary/aromatic N) is 2. The molecule has 0 N–H and O–H groups in total. The zero-order valence-electron chi connectivity index (χ0n) is 14.1. The molecule has 3 rings (SSSR count). The van der Waals surface area contributed by atoms with Crippen molar-refractivity contribution in [2.24, 2.45) is 0 Å². The number of benzene rings is 1. The van der Waals surface area contributed by atoms with Gasteiger partial charge in [-0.25, -0.2) is 0 Å². The zero-order valence-corrected chi connectivity index (χ0v) is 14.9. The average Bonchev–Trinajstić information content (AvgIpc) is 3.13. The van der Waals surface area contributed by atoms with Crippen LogP contribution < -0.4 is 0 Å². The monoisotopic (exact) mass is 380 g/mol. The lowest BCUT2D eigenvalue weighted by molar-refractivity contribution is -0.137. The molecule has 0 bridgehead atoms. The minimum absolute atomic E-state index is 0.168. The van der Waals surface area contributed by atoms with E-state index < -0.39 is 11.7 Å². The van der Waals surface area contributed by atoms with Crippen LogP contribution >= 0.6 is 11.3 Å². The number of rotatable bonds is 4. The van der Waals surface area contributed by atoms with Crippen LogP contribution in [0.5, 0.6) is 0 Å². The van der Waals surface area contributed by atoms with E-state index in [0.717, 1.165) is 31.8 Å². The van der Waals surface area contributed by atoms with Crippen LogP contribution in [0.3, 0.4) is 0 Å². The fourth-order valence-corrected chi connectivity index (χ4v) is 3.59. The third kappa shape index (κ3) is 4.95. The summed E-state index contributed by atoms with van der Waals surface area (Å²) in [5.74, 6) is -0.168. The largest absolute Gasteiger partial charge is 0.416 e. The van der Waals surface area contributed by atoms with Crippen molar-refractivity contribution in [3.05, 3.63) is 63.9 Å². The molecule has 0 saturated carbocycles. The number of amides is 1. The van der Waals surface area contributed by atoms with Gasteiger partial charge in [0.05, 0.1) is 5.56 Å². The molecule has 0 aliphatic carbocycles. The maximum absolute atomic E-state index is 12.7. The number of piperazine rings is 1. The Labute approximate surface area is 154 Å². The van der Waals surface area contributed by atoms with Crippen molar-refractivity contribution < 1.29 is 18.0 Å². The van der Waals surface area contributed by atoms with Gasteiger partial charge >= 0.3 is 6.18 Å². The van der Waals surface area contributed by atoms with Gasteiger partial charge in [-0.2, -0.15) is 13.2 Å². The van der Waals surface area contributed by atoms with Crippen LogP contribution in [0, 0.1) is 0 Å². The molecule has 2 heterocycles. The van der Waals surface area contributed by atoms with Crippen LogP contribution in [-0.4, -0.2) is 41.9 Å². The van der Waals surface area contributed by atoms with Crippen LogP contribution in [0.15, 0.2) is 47.9 Å². The Bertz CT molecular complexity index is 763. The lowest BCUT2D eigenvalue weighted by Gasteiger charge is -2.34. The van der Waals surface area contributed by atoms with Gasteiger partial charge in [0.1, 0.15) is 0 Å². The summed E-state index contributed by atoms with van der Waals surface area (Å²) >= 11 is 1.72. The second kappa shape index (κ2) is 8.05. The summed E-state index contributed by atoms with van der Waals surface area (Å²) in [6.45, 7) is 3.72. The van der Waals surface area contributed by atoms with E-state index in [1.54, 1.807) is 22.3 Å². The number of hydrogen-bond acceptors (Lipinski definition) is 3. The molecule has 0 unspecified atom stereocenters. The van der Waals surface area contributed by atoms with E-state index in [1.807, 2.05) is 11.4 Å². The van der Waals surface area contributed by atoms with Crippen molar-refractivity contribution in [1.82, 2.24) is 9.80 Å². The van der Waals surface area contributed by atoms with Gasteiger partial charge in [0.25, 0.3) is 0 Å². The molecule has 1 aliphatic heterocycles. The number of carbonyl (C=O) groups is 1. The Morgan fingerprint density at radius 1 is 1.12 bits per heavy atom. The van der Waals surface area contributed by atoms with Gasteiger partial charge in [-0.3, -0.25) is 9.69 Å². The number of halogens is 3. The number of hydrogen-bond donors (Lipinski definition) is 0. The highest BCUT2D eigenvalue weighted by Crippen LogP contribution is 2.29. The first-order valence-corrected chi connectivity index (χ1v) is 9.19. The van der Waals surface area contributed by atoms with Crippen LogP contribution in [0.1, 0.15) is 16.0 Å². The molecule has 1 amide bonds. The average molecular weight is 380 g/mol. The van der Waals surface area contributed by atoms with E-state index >= 15 is 0 Å². The summed E-state index contributed by atoms with van der Waals surface area (Å²) in [4.78, 5) is 17.6. The maximum atomic E-state index is 12.7. The molecule has 138 valence electrons. The summed E-state index contributed by atoms with van der Waals surface area (Å²) in [5, 5.41) is 2.05. The quantitative estimate of drug-likeness (QED) is 0.745. The summed E-state index contributed by atoms with van der Waals surface area (Å²) in [6.07, 6.45) is -1.59. The predicted octanol–water partition coefficient (Wildman–Crippen LogP) is 4.12. The fraction of sp³-hybridized carbons (Fsp3) is 0.316. The normalized spacial score (nSPS) is 16.3. The Morgan fingerprint density at radius 2 is 1.88 bits per heavy atom. The van der Waals surface area contributed by atoms with E-state index in [2.05, 4.69) is 11.0 Å². The molecule has 7 heteroatoms. The van der Waals surface area contributed by atoms with E-state index in [4.69, 9.17) is 0 Å². The first kappa shape index (κ1) is 18.7. The SMILES string of the molecule is O=C(/C=C/c1cccc(C(F)(F)F)c1)N1CCN(Cc2cccs2)CC1. The first-order chi connectivity index (χ1) is 12.4. The van der Waals surface area contributed by atoms with Gasteiger partial charge < -0.3 is 4.90 Å². The summed E-state index contributed by atoms with van der Waals surface area (Å²) in [6, 6.07) is 9.08. The first-order valence-electron chi connectivity index (χ1n) is 8.31. The minimum atomic E-state index is -4.38. The van der Waals surface area contributed by atoms with Crippen molar-refractivity contribution in [2.45, 2.75) is 12.7 Å². The van der Waals surface area contributed by atoms with Gasteiger partial charge in [-0.05, 0) is 35.2 Å². The van der Waals surface area contributed by atoms with E-state index in [-0.39, 0.29) is 5.91 Å². The number of carbonyl (C=O) groups excluding carboxylic acids is 1. The smallest absolute Gasteiger partial charge is 0.337 e. The summed E-state index contributed by atoms with van der Waals surface area (Å²) < 4.78 is 38.2. The Morgan fingerprint density at radius 3 is 2.54 bits per heavy atom. The maximum Gasteiger partial charge on any atom is 0.416 e. The van der Waals surface area contributed by atoms with Crippen LogP contribution in [0.4, 0.5) is 13.2 Å². The molecule has 3 nitrogen and oxygen atoms in total. The van der Waals surface area contributed by atoms with E-state index in [0.29, 0.717) is 18.7 Å². The molecule has 1 saturated heterocycles. The molecular weight excluding hydrogens is 361 g/mol. The Kier molecular flexibility index (Phi) is 5.78. The highest BCUT2D eigenvalue weighted by molar-refractivity contribution is 7.09. The second-order valence-corrected chi connectivity index (χ2v) is 7.17. The number of alkyl halides is 3.